The lowest BCUT2D eigenvalue weighted by molar-refractivity contribution is -0.141. The number of carbonyl (C=O) groups is 1. The topological polar surface area (TPSA) is 50.2 Å². The van der Waals surface area contributed by atoms with Gasteiger partial charge in [0.1, 0.15) is 11.2 Å². The van der Waals surface area contributed by atoms with Gasteiger partial charge in [-0.3, -0.25) is 9.78 Å². The maximum absolute atomic E-state index is 13.9. The van der Waals surface area contributed by atoms with Crippen molar-refractivity contribution in [3.8, 4) is 0 Å². The first-order valence-electron chi connectivity index (χ1n) is 7.58. The van der Waals surface area contributed by atoms with Gasteiger partial charge in [-0.15, -0.1) is 0 Å². The number of allylic oxidation sites excluding steroid dienone is 1. The number of hydrogen-bond donors (Lipinski definition) is 1. The molecule has 0 fully saturated rings. The molecule has 1 heterocycles. The van der Waals surface area contributed by atoms with Crippen molar-refractivity contribution in [1.29, 1.82) is 0 Å². The molecule has 0 radical (unpaired) electrons. The van der Waals surface area contributed by atoms with E-state index in [0.29, 0.717) is 24.0 Å². The van der Waals surface area contributed by atoms with Crippen molar-refractivity contribution in [3.63, 3.8) is 0 Å². The zero-order chi connectivity index (χ0) is 16.6. The van der Waals surface area contributed by atoms with Gasteiger partial charge in [0.2, 0.25) is 0 Å². The third-order valence-electron chi connectivity index (χ3n) is 4.69. The molecule has 1 atom stereocenters. The van der Waals surface area contributed by atoms with E-state index in [1.165, 1.54) is 6.07 Å². The molecule has 3 nitrogen and oxygen atoms in total. The number of benzene rings is 1. The van der Waals surface area contributed by atoms with Crippen LogP contribution >= 0.6 is 0 Å². The Morgan fingerprint density at radius 1 is 1.26 bits per heavy atom. The highest BCUT2D eigenvalue weighted by Gasteiger charge is 2.43. The van der Waals surface area contributed by atoms with Gasteiger partial charge < -0.3 is 5.11 Å². The average molecular weight is 311 g/mol. The van der Waals surface area contributed by atoms with Gasteiger partial charge in [-0.05, 0) is 61.1 Å². The molecule has 4 heteroatoms. The maximum atomic E-state index is 13.9. The van der Waals surface area contributed by atoms with E-state index in [1.807, 2.05) is 19.1 Å². The molecular formula is C19H18FNO2. The summed E-state index contributed by atoms with van der Waals surface area (Å²) in [5.41, 5.74) is 2.54. The summed E-state index contributed by atoms with van der Waals surface area (Å²) in [6.45, 7) is 3.54. The number of carboxylic acids is 1. The van der Waals surface area contributed by atoms with E-state index in [4.69, 9.17) is 0 Å². The minimum atomic E-state index is -1.18. The number of hydrogen-bond acceptors (Lipinski definition) is 2. The number of aromatic nitrogens is 1. The van der Waals surface area contributed by atoms with Crippen molar-refractivity contribution < 1.29 is 14.3 Å². The first-order chi connectivity index (χ1) is 11.0. The van der Waals surface area contributed by atoms with Crippen LogP contribution in [-0.4, -0.2) is 16.1 Å². The Bertz CT molecular complexity index is 813. The lowest BCUT2D eigenvalue weighted by Gasteiger charge is -2.24. The molecule has 1 aromatic carbocycles. The quantitative estimate of drug-likeness (QED) is 0.931. The SMILES string of the molecule is Cc1ncccc1C1=CC(C(=O)O)(c2cccc(F)c2C)CC1. The van der Waals surface area contributed by atoms with Crippen LogP contribution in [0.1, 0.15) is 35.2 Å². The molecule has 118 valence electrons. The molecule has 1 aliphatic carbocycles. The second-order valence-corrected chi connectivity index (χ2v) is 5.99. The predicted molar refractivity (Wildman–Crippen MR) is 86.6 cm³/mol. The number of aryl methyl sites for hydroxylation is 1. The summed E-state index contributed by atoms with van der Waals surface area (Å²) in [5, 5.41) is 9.88. The summed E-state index contributed by atoms with van der Waals surface area (Å²) in [4.78, 5) is 16.3. The van der Waals surface area contributed by atoms with E-state index < -0.39 is 11.4 Å². The molecule has 0 saturated carbocycles. The summed E-state index contributed by atoms with van der Waals surface area (Å²) in [6.07, 6.45) is 4.56. The maximum Gasteiger partial charge on any atom is 0.318 e. The van der Waals surface area contributed by atoms with E-state index in [0.717, 1.165) is 16.8 Å². The Morgan fingerprint density at radius 3 is 2.74 bits per heavy atom. The Hall–Kier alpha value is -2.49. The van der Waals surface area contributed by atoms with Crippen LogP contribution in [0.25, 0.3) is 5.57 Å². The van der Waals surface area contributed by atoms with Gasteiger partial charge >= 0.3 is 5.97 Å². The largest absolute Gasteiger partial charge is 0.480 e. The molecule has 0 amide bonds. The van der Waals surface area contributed by atoms with Crippen LogP contribution in [0.5, 0.6) is 0 Å². The highest BCUT2D eigenvalue weighted by molar-refractivity contribution is 5.90. The van der Waals surface area contributed by atoms with Crippen LogP contribution in [-0.2, 0) is 10.2 Å². The number of aliphatic carboxylic acids is 1. The number of rotatable bonds is 3. The molecule has 1 aliphatic rings. The van der Waals surface area contributed by atoms with Crippen molar-refractivity contribution in [2.75, 3.05) is 0 Å². The van der Waals surface area contributed by atoms with Crippen LogP contribution in [0.4, 0.5) is 4.39 Å². The fraction of sp³-hybridized carbons (Fsp3) is 0.263. The van der Waals surface area contributed by atoms with Gasteiger partial charge in [-0.25, -0.2) is 4.39 Å². The minimum Gasteiger partial charge on any atom is -0.480 e. The van der Waals surface area contributed by atoms with Crippen LogP contribution in [0.2, 0.25) is 0 Å². The fourth-order valence-electron chi connectivity index (χ4n) is 3.40. The smallest absolute Gasteiger partial charge is 0.318 e. The number of carboxylic acid groups (broad SMARTS) is 1. The van der Waals surface area contributed by atoms with Crippen LogP contribution in [0, 0.1) is 19.7 Å². The van der Waals surface area contributed by atoms with Crippen molar-refractivity contribution in [2.45, 2.75) is 32.1 Å². The summed E-state index contributed by atoms with van der Waals surface area (Å²) >= 11 is 0. The number of nitrogens with zero attached hydrogens (tertiary/aromatic N) is 1. The zero-order valence-electron chi connectivity index (χ0n) is 13.1. The van der Waals surface area contributed by atoms with Crippen LogP contribution < -0.4 is 0 Å². The van der Waals surface area contributed by atoms with E-state index in [-0.39, 0.29) is 5.82 Å². The third-order valence-corrected chi connectivity index (χ3v) is 4.69. The predicted octanol–water partition coefficient (Wildman–Crippen LogP) is 4.04. The zero-order valence-corrected chi connectivity index (χ0v) is 13.1. The monoisotopic (exact) mass is 311 g/mol. The van der Waals surface area contributed by atoms with E-state index in [2.05, 4.69) is 4.98 Å². The molecule has 23 heavy (non-hydrogen) atoms. The van der Waals surface area contributed by atoms with Crippen molar-refractivity contribution in [1.82, 2.24) is 4.98 Å². The third kappa shape index (κ3) is 2.44. The molecule has 3 rings (SSSR count). The Labute approximate surface area is 134 Å². The van der Waals surface area contributed by atoms with Gasteiger partial charge in [0.15, 0.2) is 0 Å². The molecule has 0 spiro atoms. The normalized spacial score (nSPS) is 20.4. The summed E-state index contributed by atoms with van der Waals surface area (Å²) in [7, 11) is 0. The number of pyridine rings is 1. The van der Waals surface area contributed by atoms with Crippen molar-refractivity contribution >= 4 is 11.5 Å². The Morgan fingerprint density at radius 2 is 2.04 bits per heavy atom. The average Bonchev–Trinajstić information content (AvgIpc) is 2.97. The number of halogens is 1. The first-order valence-corrected chi connectivity index (χ1v) is 7.58. The molecule has 2 aromatic rings. The fourth-order valence-corrected chi connectivity index (χ4v) is 3.40. The highest BCUT2D eigenvalue weighted by Crippen LogP contribution is 2.44. The van der Waals surface area contributed by atoms with Gasteiger partial charge in [0.25, 0.3) is 0 Å². The van der Waals surface area contributed by atoms with E-state index in [1.54, 1.807) is 31.3 Å². The molecule has 0 aliphatic heterocycles. The van der Waals surface area contributed by atoms with Gasteiger partial charge in [-0.1, -0.05) is 24.3 Å². The lowest BCUT2D eigenvalue weighted by atomic mass is 9.78. The molecule has 1 unspecified atom stereocenters. The Balaban J connectivity index is 2.17. The van der Waals surface area contributed by atoms with Gasteiger partial charge in [0.05, 0.1) is 0 Å². The second kappa shape index (κ2) is 5.61. The summed E-state index contributed by atoms with van der Waals surface area (Å²) in [5.74, 6) is -1.31. The van der Waals surface area contributed by atoms with Crippen LogP contribution in [0.15, 0.2) is 42.6 Å². The van der Waals surface area contributed by atoms with Crippen LogP contribution in [0.3, 0.4) is 0 Å². The first kappa shape index (κ1) is 15.4. The van der Waals surface area contributed by atoms with Gasteiger partial charge in [-0.2, -0.15) is 0 Å². The molecule has 1 aromatic heterocycles. The second-order valence-electron chi connectivity index (χ2n) is 5.99. The van der Waals surface area contributed by atoms with Gasteiger partial charge in [0, 0.05) is 11.9 Å². The lowest BCUT2D eigenvalue weighted by Crippen LogP contribution is -2.32. The molecule has 0 bridgehead atoms. The van der Waals surface area contributed by atoms with Crippen molar-refractivity contribution in [2.24, 2.45) is 0 Å². The standard InChI is InChI=1S/C19H18FNO2/c1-12-16(6-3-7-17(12)20)19(18(22)23)9-8-14(11-19)15-5-4-10-21-13(15)2/h3-7,10-11H,8-9H2,1-2H3,(H,22,23). The van der Waals surface area contributed by atoms with Crippen molar-refractivity contribution in [3.05, 3.63) is 70.8 Å². The molecular weight excluding hydrogens is 293 g/mol. The molecule has 1 N–H and O–H groups in total. The van der Waals surface area contributed by atoms with E-state index >= 15 is 0 Å². The minimum absolute atomic E-state index is 0.373. The summed E-state index contributed by atoms with van der Waals surface area (Å²) in [6, 6.07) is 8.44. The summed E-state index contributed by atoms with van der Waals surface area (Å²) < 4.78 is 13.9. The molecule has 0 saturated heterocycles. The highest BCUT2D eigenvalue weighted by atomic mass is 19.1. The Kier molecular flexibility index (Phi) is 3.76. The van der Waals surface area contributed by atoms with E-state index in [9.17, 15) is 14.3 Å².